The summed E-state index contributed by atoms with van der Waals surface area (Å²) in [6.07, 6.45) is 1.25. The molecule has 164 valence electrons. The zero-order valence-electron chi connectivity index (χ0n) is 18.7. The van der Waals surface area contributed by atoms with E-state index in [0.717, 1.165) is 31.6 Å². The molecule has 32 heavy (non-hydrogen) atoms. The van der Waals surface area contributed by atoms with Crippen LogP contribution >= 0.6 is 0 Å². The molecule has 3 aromatic rings. The van der Waals surface area contributed by atoms with Gasteiger partial charge in [0.15, 0.2) is 0 Å². The summed E-state index contributed by atoms with van der Waals surface area (Å²) in [6.45, 7) is 7.51. The number of anilines is 3. The van der Waals surface area contributed by atoms with E-state index in [9.17, 15) is 9.59 Å². The molecule has 0 saturated heterocycles. The van der Waals surface area contributed by atoms with E-state index in [-0.39, 0.29) is 18.2 Å². The van der Waals surface area contributed by atoms with Crippen molar-refractivity contribution in [3.63, 3.8) is 0 Å². The quantitative estimate of drug-likeness (QED) is 0.574. The van der Waals surface area contributed by atoms with Crippen molar-refractivity contribution in [3.8, 4) is 0 Å². The first kappa shape index (κ1) is 21.8. The number of nitrogens with zero attached hydrogens (tertiary/aromatic N) is 2. The number of rotatable bonds is 7. The summed E-state index contributed by atoms with van der Waals surface area (Å²) in [5, 5.41) is 2.93. The molecule has 1 aliphatic heterocycles. The molecule has 1 aliphatic rings. The van der Waals surface area contributed by atoms with E-state index in [2.05, 4.69) is 36.2 Å². The van der Waals surface area contributed by atoms with Gasteiger partial charge in [0.25, 0.3) is 5.91 Å². The molecule has 0 fully saturated rings. The van der Waals surface area contributed by atoms with Gasteiger partial charge in [0.05, 0.1) is 29.0 Å². The highest BCUT2D eigenvalue weighted by Gasteiger charge is 2.28. The smallest absolute Gasteiger partial charge is 0.257 e. The normalized spacial score (nSPS) is 12.7. The summed E-state index contributed by atoms with van der Waals surface area (Å²) in [4.78, 5) is 30.3. The molecule has 0 spiro atoms. The van der Waals surface area contributed by atoms with Crippen molar-refractivity contribution in [1.82, 2.24) is 4.90 Å². The molecular formula is C27H29N3O2. The predicted molar refractivity (Wildman–Crippen MR) is 130 cm³/mol. The van der Waals surface area contributed by atoms with Gasteiger partial charge in [0.2, 0.25) is 5.91 Å². The van der Waals surface area contributed by atoms with E-state index in [1.165, 1.54) is 5.56 Å². The summed E-state index contributed by atoms with van der Waals surface area (Å²) >= 11 is 0. The van der Waals surface area contributed by atoms with Gasteiger partial charge in [-0.3, -0.25) is 14.5 Å². The van der Waals surface area contributed by atoms with Gasteiger partial charge >= 0.3 is 0 Å². The third-order valence-electron chi connectivity index (χ3n) is 6.02. The fraction of sp³-hybridized carbons (Fsp3) is 0.259. The summed E-state index contributed by atoms with van der Waals surface area (Å²) in [5.41, 5.74) is 4.65. The van der Waals surface area contributed by atoms with E-state index in [1.807, 2.05) is 54.6 Å². The monoisotopic (exact) mass is 427 g/mol. The Kier molecular flexibility index (Phi) is 6.66. The number of hydrogen-bond donors (Lipinski definition) is 1. The van der Waals surface area contributed by atoms with Crippen molar-refractivity contribution < 1.29 is 9.59 Å². The number of likely N-dealkylation sites (N-methyl/N-ethyl adjacent to an activating group) is 1. The summed E-state index contributed by atoms with van der Waals surface area (Å²) < 4.78 is 0. The van der Waals surface area contributed by atoms with Gasteiger partial charge in [-0.15, -0.1) is 0 Å². The van der Waals surface area contributed by atoms with Crippen LogP contribution < -0.4 is 10.2 Å². The molecule has 0 atom stereocenters. The SMILES string of the molecule is CCN(CC)CCc1ccc(CC(=O)N2c3ccccc3NC(=O)c3ccccc32)cc1. The minimum absolute atomic E-state index is 0.0720. The van der Waals surface area contributed by atoms with E-state index in [1.54, 1.807) is 11.0 Å². The van der Waals surface area contributed by atoms with Crippen LogP contribution in [0.15, 0.2) is 72.8 Å². The first-order valence-electron chi connectivity index (χ1n) is 11.2. The highest BCUT2D eigenvalue weighted by Crippen LogP contribution is 2.38. The van der Waals surface area contributed by atoms with Gasteiger partial charge in [-0.05, 0) is 54.9 Å². The Labute approximate surface area is 189 Å². The number of carbonyl (C=O) groups is 2. The number of nitrogens with one attached hydrogen (secondary N) is 1. The maximum absolute atomic E-state index is 13.5. The maximum atomic E-state index is 13.5. The topological polar surface area (TPSA) is 52.7 Å². The predicted octanol–water partition coefficient (Wildman–Crippen LogP) is 5.04. The van der Waals surface area contributed by atoms with E-state index >= 15 is 0 Å². The zero-order valence-corrected chi connectivity index (χ0v) is 18.7. The lowest BCUT2D eigenvalue weighted by atomic mass is 10.0. The molecule has 0 bridgehead atoms. The zero-order chi connectivity index (χ0) is 22.5. The molecular weight excluding hydrogens is 398 g/mol. The number of hydrogen-bond acceptors (Lipinski definition) is 3. The van der Waals surface area contributed by atoms with Crippen molar-refractivity contribution in [3.05, 3.63) is 89.5 Å². The Morgan fingerprint density at radius 1 is 0.844 bits per heavy atom. The van der Waals surface area contributed by atoms with Crippen molar-refractivity contribution in [2.45, 2.75) is 26.7 Å². The highest BCUT2D eigenvalue weighted by molar-refractivity contribution is 6.17. The molecule has 5 nitrogen and oxygen atoms in total. The second kappa shape index (κ2) is 9.79. The lowest BCUT2D eigenvalue weighted by Gasteiger charge is -2.24. The minimum Gasteiger partial charge on any atom is -0.320 e. The Morgan fingerprint density at radius 2 is 1.47 bits per heavy atom. The molecule has 0 saturated carbocycles. The lowest BCUT2D eigenvalue weighted by Crippen LogP contribution is -2.28. The molecule has 3 aromatic carbocycles. The van der Waals surface area contributed by atoms with Crippen LogP contribution in [-0.2, 0) is 17.6 Å². The minimum atomic E-state index is -0.207. The number of benzene rings is 3. The van der Waals surface area contributed by atoms with Gasteiger partial charge < -0.3 is 10.2 Å². The Balaban J connectivity index is 1.57. The first-order valence-corrected chi connectivity index (χ1v) is 11.2. The average molecular weight is 428 g/mol. The lowest BCUT2D eigenvalue weighted by molar-refractivity contribution is -0.117. The second-order valence-corrected chi connectivity index (χ2v) is 7.99. The molecule has 0 radical (unpaired) electrons. The van der Waals surface area contributed by atoms with Gasteiger partial charge in [0.1, 0.15) is 0 Å². The van der Waals surface area contributed by atoms with Crippen molar-refractivity contribution >= 4 is 28.9 Å². The van der Waals surface area contributed by atoms with Crippen LogP contribution in [0.3, 0.4) is 0 Å². The van der Waals surface area contributed by atoms with E-state index < -0.39 is 0 Å². The molecule has 0 aromatic heterocycles. The fourth-order valence-electron chi connectivity index (χ4n) is 4.13. The molecule has 2 amide bonds. The van der Waals surface area contributed by atoms with Gasteiger partial charge in [-0.2, -0.15) is 0 Å². The van der Waals surface area contributed by atoms with Crippen LogP contribution in [-0.4, -0.2) is 36.3 Å². The van der Waals surface area contributed by atoms with Crippen LogP contribution in [0.5, 0.6) is 0 Å². The molecule has 4 rings (SSSR count). The Bertz CT molecular complexity index is 1100. The first-order chi connectivity index (χ1) is 15.6. The van der Waals surface area contributed by atoms with E-state index in [4.69, 9.17) is 0 Å². The third kappa shape index (κ3) is 4.58. The van der Waals surface area contributed by atoms with Gasteiger partial charge in [-0.1, -0.05) is 62.4 Å². The number of carbonyl (C=O) groups excluding carboxylic acids is 2. The van der Waals surface area contributed by atoms with Crippen LogP contribution in [0, 0.1) is 0 Å². The summed E-state index contributed by atoms with van der Waals surface area (Å²) in [7, 11) is 0. The van der Waals surface area contributed by atoms with Crippen LogP contribution in [0.25, 0.3) is 0 Å². The maximum Gasteiger partial charge on any atom is 0.257 e. The van der Waals surface area contributed by atoms with Crippen LogP contribution in [0.1, 0.15) is 35.3 Å². The van der Waals surface area contributed by atoms with Crippen molar-refractivity contribution in [1.29, 1.82) is 0 Å². The fourth-order valence-corrected chi connectivity index (χ4v) is 4.13. The van der Waals surface area contributed by atoms with Crippen molar-refractivity contribution in [2.24, 2.45) is 0 Å². The molecule has 1 heterocycles. The Morgan fingerprint density at radius 3 is 2.19 bits per heavy atom. The standard InChI is InChI=1S/C27H29N3O2/c1-3-29(4-2)18-17-20-13-15-21(16-14-20)19-26(31)30-24-11-7-5-9-22(24)27(32)28-23-10-6-8-12-25(23)30/h5-16H,3-4,17-19H2,1-2H3,(H,28,32). The average Bonchev–Trinajstić information content (AvgIpc) is 2.94. The number of amides is 2. The Hall–Kier alpha value is -3.44. The van der Waals surface area contributed by atoms with E-state index in [0.29, 0.717) is 22.6 Å². The molecule has 0 unspecified atom stereocenters. The summed E-state index contributed by atoms with van der Waals surface area (Å²) in [6, 6.07) is 23.0. The van der Waals surface area contributed by atoms with Crippen LogP contribution in [0.2, 0.25) is 0 Å². The largest absolute Gasteiger partial charge is 0.320 e. The number of fused-ring (bicyclic) bond motifs is 2. The van der Waals surface area contributed by atoms with Gasteiger partial charge in [-0.25, -0.2) is 0 Å². The highest BCUT2D eigenvalue weighted by atomic mass is 16.2. The second-order valence-electron chi connectivity index (χ2n) is 7.99. The van der Waals surface area contributed by atoms with Gasteiger partial charge in [0, 0.05) is 6.54 Å². The third-order valence-corrected chi connectivity index (χ3v) is 6.02. The molecule has 0 aliphatic carbocycles. The summed E-state index contributed by atoms with van der Waals surface area (Å²) in [5.74, 6) is -0.279. The number of para-hydroxylation sites is 3. The van der Waals surface area contributed by atoms with Crippen molar-refractivity contribution in [2.75, 3.05) is 29.9 Å². The molecule has 5 heteroatoms. The van der Waals surface area contributed by atoms with Crippen LogP contribution in [0.4, 0.5) is 17.1 Å². The molecule has 1 N–H and O–H groups in total.